The molecule has 4 heteroatoms. The first-order chi connectivity index (χ1) is 11.7. The number of carbonyl (C=O) groups is 1. The average Bonchev–Trinajstić information content (AvgIpc) is 2.62. The van der Waals surface area contributed by atoms with Crippen LogP contribution in [0.2, 0.25) is 0 Å². The van der Waals surface area contributed by atoms with E-state index in [0.717, 1.165) is 29.0 Å². The van der Waals surface area contributed by atoms with Crippen molar-refractivity contribution >= 4 is 5.97 Å². The van der Waals surface area contributed by atoms with Crippen LogP contribution in [-0.4, -0.2) is 16.1 Å². The van der Waals surface area contributed by atoms with Crippen LogP contribution >= 0.6 is 0 Å². The largest absolute Gasteiger partial charge is 0.478 e. The maximum absolute atomic E-state index is 11.2. The second-order valence-electron chi connectivity index (χ2n) is 5.40. The summed E-state index contributed by atoms with van der Waals surface area (Å²) in [6.07, 6.45) is 4.50. The monoisotopic (exact) mass is 319 g/mol. The van der Waals surface area contributed by atoms with Crippen LogP contribution in [0.15, 0.2) is 73.1 Å². The first-order valence-electron chi connectivity index (χ1n) is 7.70. The predicted molar refractivity (Wildman–Crippen MR) is 91.6 cm³/mol. The zero-order chi connectivity index (χ0) is 16.8. The molecule has 2 aromatic carbocycles. The SMILES string of the molecule is O=C(O)c1ccncc1CCc1ccc(Oc2ccccc2)cc1. The summed E-state index contributed by atoms with van der Waals surface area (Å²) in [5.74, 6) is 0.656. The van der Waals surface area contributed by atoms with E-state index in [0.29, 0.717) is 12.0 Å². The fourth-order valence-electron chi connectivity index (χ4n) is 2.46. The van der Waals surface area contributed by atoms with Crippen LogP contribution in [0.4, 0.5) is 0 Å². The minimum Gasteiger partial charge on any atom is -0.478 e. The van der Waals surface area contributed by atoms with Crippen molar-refractivity contribution < 1.29 is 14.6 Å². The Kier molecular flexibility index (Phi) is 4.87. The summed E-state index contributed by atoms with van der Waals surface area (Å²) >= 11 is 0. The number of nitrogens with zero attached hydrogens (tertiary/aromatic N) is 1. The highest BCUT2D eigenvalue weighted by atomic mass is 16.5. The maximum atomic E-state index is 11.2. The number of aryl methyl sites for hydroxylation is 2. The van der Waals surface area contributed by atoms with Crippen molar-refractivity contribution in [1.82, 2.24) is 4.98 Å². The molecule has 0 amide bonds. The molecule has 4 nitrogen and oxygen atoms in total. The minimum atomic E-state index is -0.918. The molecule has 0 saturated heterocycles. The van der Waals surface area contributed by atoms with Crippen LogP contribution in [-0.2, 0) is 12.8 Å². The molecule has 1 N–H and O–H groups in total. The molecule has 0 atom stereocenters. The number of rotatable bonds is 6. The topological polar surface area (TPSA) is 59.4 Å². The number of carboxylic acids is 1. The lowest BCUT2D eigenvalue weighted by atomic mass is 10.0. The van der Waals surface area contributed by atoms with Gasteiger partial charge in [-0.3, -0.25) is 4.98 Å². The second kappa shape index (κ2) is 7.42. The Morgan fingerprint density at radius 1 is 0.917 bits per heavy atom. The lowest BCUT2D eigenvalue weighted by molar-refractivity contribution is 0.0695. The summed E-state index contributed by atoms with van der Waals surface area (Å²) in [5.41, 5.74) is 2.18. The summed E-state index contributed by atoms with van der Waals surface area (Å²) in [6, 6.07) is 19.0. The van der Waals surface area contributed by atoms with Crippen molar-refractivity contribution in [3.05, 3.63) is 89.7 Å². The molecule has 0 saturated carbocycles. The van der Waals surface area contributed by atoms with Crippen molar-refractivity contribution in [3.8, 4) is 11.5 Å². The lowest BCUT2D eigenvalue weighted by Gasteiger charge is -2.08. The van der Waals surface area contributed by atoms with E-state index >= 15 is 0 Å². The van der Waals surface area contributed by atoms with Crippen LogP contribution < -0.4 is 4.74 Å². The van der Waals surface area contributed by atoms with E-state index in [2.05, 4.69) is 4.98 Å². The van der Waals surface area contributed by atoms with Crippen molar-refractivity contribution in [1.29, 1.82) is 0 Å². The van der Waals surface area contributed by atoms with Gasteiger partial charge in [-0.1, -0.05) is 30.3 Å². The molecule has 0 bridgehead atoms. The van der Waals surface area contributed by atoms with Gasteiger partial charge in [0.2, 0.25) is 0 Å². The van der Waals surface area contributed by atoms with E-state index in [4.69, 9.17) is 4.74 Å². The number of benzene rings is 2. The van der Waals surface area contributed by atoms with Gasteiger partial charge in [0.1, 0.15) is 11.5 Å². The lowest BCUT2D eigenvalue weighted by Crippen LogP contribution is -2.04. The number of aromatic carboxylic acids is 1. The molecule has 0 aliphatic rings. The number of carboxylic acid groups (broad SMARTS) is 1. The summed E-state index contributed by atoms with van der Waals surface area (Å²) in [6.45, 7) is 0. The highest BCUT2D eigenvalue weighted by molar-refractivity contribution is 5.89. The molecule has 1 heterocycles. The molecule has 0 fully saturated rings. The number of ether oxygens (including phenoxy) is 1. The van der Waals surface area contributed by atoms with Crippen molar-refractivity contribution in [2.45, 2.75) is 12.8 Å². The van der Waals surface area contributed by atoms with E-state index in [1.165, 1.54) is 12.3 Å². The molecule has 0 unspecified atom stereocenters. The van der Waals surface area contributed by atoms with Gasteiger partial charge >= 0.3 is 5.97 Å². The Bertz CT molecular complexity index is 814. The zero-order valence-corrected chi connectivity index (χ0v) is 13.1. The molecule has 0 radical (unpaired) electrons. The summed E-state index contributed by atoms with van der Waals surface area (Å²) in [4.78, 5) is 15.2. The molecule has 0 aliphatic carbocycles. The van der Waals surface area contributed by atoms with Gasteiger partial charge in [-0.15, -0.1) is 0 Å². The van der Waals surface area contributed by atoms with Gasteiger partial charge < -0.3 is 9.84 Å². The Labute approximate surface area is 140 Å². The fourth-order valence-corrected chi connectivity index (χ4v) is 2.46. The first kappa shape index (κ1) is 15.7. The highest BCUT2D eigenvalue weighted by Gasteiger charge is 2.09. The third-order valence-corrected chi connectivity index (χ3v) is 3.72. The molecule has 0 aliphatic heterocycles. The maximum Gasteiger partial charge on any atom is 0.336 e. The van der Waals surface area contributed by atoms with Crippen LogP contribution in [0, 0.1) is 0 Å². The number of hydrogen-bond acceptors (Lipinski definition) is 3. The minimum absolute atomic E-state index is 0.314. The number of aromatic nitrogens is 1. The molecule has 0 spiro atoms. The summed E-state index contributed by atoms with van der Waals surface area (Å²) < 4.78 is 5.76. The normalized spacial score (nSPS) is 10.3. The average molecular weight is 319 g/mol. The van der Waals surface area contributed by atoms with Gasteiger partial charge in [0.15, 0.2) is 0 Å². The molecular weight excluding hydrogens is 302 g/mol. The number of para-hydroxylation sites is 1. The standard InChI is InChI=1S/C20H17NO3/c22-20(23)19-12-13-21-14-16(19)9-6-15-7-10-18(11-8-15)24-17-4-2-1-3-5-17/h1-5,7-8,10-14H,6,9H2,(H,22,23). The van der Waals surface area contributed by atoms with Crippen LogP contribution in [0.5, 0.6) is 11.5 Å². The Hall–Kier alpha value is -3.14. The fraction of sp³-hybridized carbons (Fsp3) is 0.100. The molecule has 24 heavy (non-hydrogen) atoms. The number of pyridine rings is 1. The van der Waals surface area contributed by atoms with Gasteiger partial charge in [-0.25, -0.2) is 4.79 Å². The van der Waals surface area contributed by atoms with Crippen LogP contribution in [0.1, 0.15) is 21.5 Å². The van der Waals surface area contributed by atoms with Gasteiger partial charge in [-0.05, 0) is 54.3 Å². The Balaban J connectivity index is 1.64. The number of hydrogen-bond donors (Lipinski definition) is 1. The van der Waals surface area contributed by atoms with Crippen LogP contribution in [0.25, 0.3) is 0 Å². The zero-order valence-electron chi connectivity index (χ0n) is 13.1. The van der Waals surface area contributed by atoms with Gasteiger partial charge in [-0.2, -0.15) is 0 Å². The molecule has 3 aromatic rings. The first-order valence-corrected chi connectivity index (χ1v) is 7.70. The summed E-state index contributed by atoms with van der Waals surface area (Å²) in [5, 5.41) is 9.20. The van der Waals surface area contributed by atoms with Crippen molar-refractivity contribution in [2.24, 2.45) is 0 Å². The summed E-state index contributed by atoms with van der Waals surface area (Å²) in [7, 11) is 0. The van der Waals surface area contributed by atoms with Gasteiger partial charge in [0.25, 0.3) is 0 Å². The Morgan fingerprint density at radius 3 is 2.33 bits per heavy atom. The van der Waals surface area contributed by atoms with E-state index in [1.807, 2.05) is 54.6 Å². The third-order valence-electron chi connectivity index (χ3n) is 3.72. The van der Waals surface area contributed by atoms with Crippen molar-refractivity contribution in [3.63, 3.8) is 0 Å². The van der Waals surface area contributed by atoms with Gasteiger partial charge in [0.05, 0.1) is 5.56 Å². The second-order valence-corrected chi connectivity index (χ2v) is 5.40. The molecule has 3 rings (SSSR count). The van der Waals surface area contributed by atoms with E-state index < -0.39 is 5.97 Å². The molecule has 1 aromatic heterocycles. The molecular formula is C20H17NO3. The molecule has 120 valence electrons. The van der Waals surface area contributed by atoms with E-state index in [-0.39, 0.29) is 0 Å². The van der Waals surface area contributed by atoms with Crippen LogP contribution in [0.3, 0.4) is 0 Å². The van der Waals surface area contributed by atoms with Gasteiger partial charge in [0, 0.05) is 12.4 Å². The quantitative estimate of drug-likeness (QED) is 0.733. The van der Waals surface area contributed by atoms with E-state index in [1.54, 1.807) is 6.20 Å². The van der Waals surface area contributed by atoms with E-state index in [9.17, 15) is 9.90 Å². The highest BCUT2D eigenvalue weighted by Crippen LogP contribution is 2.21. The predicted octanol–water partition coefficient (Wildman–Crippen LogP) is 4.36. The third kappa shape index (κ3) is 3.98. The van der Waals surface area contributed by atoms with Crippen molar-refractivity contribution in [2.75, 3.05) is 0 Å². The Morgan fingerprint density at radius 2 is 1.62 bits per heavy atom. The smallest absolute Gasteiger partial charge is 0.336 e.